The van der Waals surface area contributed by atoms with Crippen molar-refractivity contribution in [1.82, 2.24) is 14.5 Å². The van der Waals surface area contributed by atoms with Gasteiger partial charge < -0.3 is 4.57 Å². The van der Waals surface area contributed by atoms with Gasteiger partial charge in [-0.3, -0.25) is 19.7 Å². The van der Waals surface area contributed by atoms with Gasteiger partial charge in [-0.25, -0.2) is 0 Å². The Morgan fingerprint density at radius 3 is 2.57 bits per heavy atom. The van der Waals surface area contributed by atoms with E-state index in [-0.39, 0.29) is 5.91 Å². The molecule has 2 aromatic heterocycles. The standard InChI is InChI=1S/C17H18N4OS/c1-11-9-13(10-15-16(22)20(4)17(18-3)23-15)12(2)21(11)14-5-7-19-8-6-14/h5-10H,1-4H3. The van der Waals surface area contributed by atoms with Gasteiger partial charge in [-0.2, -0.15) is 0 Å². The zero-order chi connectivity index (χ0) is 16.6. The van der Waals surface area contributed by atoms with Crippen LogP contribution in [0.5, 0.6) is 0 Å². The Labute approximate surface area is 139 Å². The Hall–Kier alpha value is -2.34. The van der Waals surface area contributed by atoms with Crippen molar-refractivity contribution in [3.63, 3.8) is 0 Å². The summed E-state index contributed by atoms with van der Waals surface area (Å²) in [7, 11) is 3.45. The van der Waals surface area contributed by atoms with Crippen molar-refractivity contribution in [2.24, 2.45) is 4.99 Å². The number of aliphatic imine (C=N–C) groups is 1. The third-order valence-corrected chi connectivity index (χ3v) is 5.02. The van der Waals surface area contributed by atoms with Crippen molar-refractivity contribution in [3.8, 4) is 5.69 Å². The van der Waals surface area contributed by atoms with Crippen LogP contribution in [0.2, 0.25) is 0 Å². The second-order valence-electron chi connectivity index (χ2n) is 5.35. The average Bonchev–Trinajstić information content (AvgIpc) is 2.99. The first-order valence-corrected chi connectivity index (χ1v) is 8.08. The molecule has 0 radical (unpaired) electrons. The van der Waals surface area contributed by atoms with Crippen LogP contribution in [0.1, 0.15) is 17.0 Å². The molecule has 1 amide bonds. The van der Waals surface area contributed by atoms with Crippen LogP contribution in [-0.2, 0) is 4.79 Å². The molecule has 1 fully saturated rings. The topological polar surface area (TPSA) is 50.5 Å². The molecule has 3 heterocycles. The molecule has 0 bridgehead atoms. The lowest BCUT2D eigenvalue weighted by Gasteiger charge is -2.08. The lowest BCUT2D eigenvalue weighted by atomic mass is 10.2. The minimum Gasteiger partial charge on any atom is -0.318 e. The monoisotopic (exact) mass is 326 g/mol. The molecule has 1 saturated heterocycles. The fourth-order valence-electron chi connectivity index (χ4n) is 2.71. The summed E-state index contributed by atoms with van der Waals surface area (Å²) in [5.41, 5.74) is 4.33. The molecule has 0 unspecified atom stereocenters. The SMILES string of the molecule is CN=C1SC(=Cc2cc(C)n(-c3ccncc3)c2C)C(=O)N1C. The van der Waals surface area contributed by atoms with Gasteiger partial charge in [0.1, 0.15) is 0 Å². The summed E-state index contributed by atoms with van der Waals surface area (Å²) in [5, 5.41) is 0.726. The molecule has 0 atom stereocenters. The predicted octanol–water partition coefficient (Wildman–Crippen LogP) is 3.02. The molecule has 0 aliphatic carbocycles. The molecule has 1 aliphatic rings. The number of amides is 1. The van der Waals surface area contributed by atoms with E-state index in [1.165, 1.54) is 11.8 Å². The number of rotatable bonds is 2. The van der Waals surface area contributed by atoms with Gasteiger partial charge in [0.25, 0.3) is 5.91 Å². The number of thioether (sulfide) groups is 1. The highest BCUT2D eigenvalue weighted by Crippen LogP contribution is 2.32. The summed E-state index contributed by atoms with van der Waals surface area (Å²) in [6.45, 7) is 4.12. The second-order valence-corrected chi connectivity index (χ2v) is 6.36. The van der Waals surface area contributed by atoms with Crippen LogP contribution in [0, 0.1) is 13.8 Å². The van der Waals surface area contributed by atoms with Crippen molar-refractivity contribution in [1.29, 1.82) is 0 Å². The molecule has 3 rings (SSSR count). The van der Waals surface area contributed by atoms with Crippen molar-refractivity contribution < 1.29 is 4.79 Å². The fourth-order valence-corrected chi connectivity index (χ4v) is 3.63. The Kier molecular flexibility index (Phi) is 4.09. The number of amidine groups is 1. The highest BCUT2D eigenvalue weighted by Gasteiger charge is 2.30. The van der Waals surface area contributed by atoms with Gasteiger partial charge in [0.05, 0.1) is 4.91 Å². The van der Waals surface area contributed by atoms with Gasteiger partial charge in [0.15, 0.2) is 5.17 Å². The fraction of sp³-hybridized carbons (Fsp3) is 0.235. The third-order valence-electron chi connectivity index (χ3n) is 3.87. The number of carbonyl (C=O) groups excluding carboxylic acids is 1. The summed E-state index contributed by atoms with van der Waals surface area (Å²) in [6.07, 6.45) is 5.50. The van der Waals surface area contributed by atoms with E-state index in [2.05, 4.69) is 34.5 Å². The molecule has 6 heteroatoms. The molecule has 2 aromatic rings. The summed E-state index contributed by atoms with van der Waals surface area (Å²) >= 11 is 1.41. The number of aromatic nitrogens is 2. The van der Waals surface area contributed by atoms with Crippen molar-refractivity contribution in [2.45, 2.75) is 13.8 Å². The molecule has 0 aromatic carbocycles. The molecule has 0 saturated carbocycles. The summed E-state index contributed by atoms with van der Waals surface area (Å²) in [5.74, 6) is -0.00989. The van der Waals surface area contributed by atoms with E-state index >= 15 is 0 Å². The van der Waals surface area contributed by atoms with E-state index in [0.29, 0.717) is 4.91 Å². The number of likely N-dealkylation sites (N-methyl/N-ethyl adjacent to an activating group) is 1. The number of aryl methyl sites for hydroxylation is 1. The number of hydrogen-bond acceptors (Lipinski definition) is 4. The highest BCUT2D eigenvalue weighted by molar-refractivity contribution is 8.18. The lowest BCUT2D eigenvalue weighted by molar-refractivity contribution is -0.121. The van der Waals surface area contributed by atoms with Gasteiger partial charge in [-0.05, 0) is 55.4 Å². The summed E-state index contributed by atoms with van der Waals surface area (Å²) in [4.78, 5) is 22.8. The van der Waals surface area contributed by atoms with E-state index in [4.69, 9.17) is 0 Å². The van der Waals surface area contributed by atoms with E-state index < -0.39 is 0 Å². The van der Waals surface area contributed by atoms with Crippen molar-refractivity contribution in [2.75, 3.05) is 14.1 Å². The van der Waals surface area contributed by atoms with Crippen LogP contribution in [0.4, 0.5) is 0 Å². The summed E-state index contributed by atoms with van der Waals surface area (Å²) < 4.78 is 2.16. The van der Waals surface area contributed by atoms with Crippen LogP contribution >= 0.6 is 11.8 Å². The first-order valence-electron chi connectivity index (χ1n) is 7.26. The zero-order valence-electron chi connectivity index (χ0n) is 13.6. The average molecular weight is 326 g/mol. The number of carbonyl (C=O) groups is 1. The third kappa shape index (κ3) is 2.70. The predicted molar refractivity (Wildman–Crippen MR) is 94.7 cm³/mol. The number of pyridine rings is 1. The molecular weight excluding hydrogens is 308 g/mol. The maximum atomic E-state index is 12.3. The van der Waals surface area contributed by atoms with E-state index in [1.54, 1.807) is 31.4 Å². The molecule has 5 nitrogen and oxygen atoms in total. The Morgan fingerprint density at radius 1 is 1.26 bits per heavy atom. The van der Waals surface area contributed by atoms with Crippen LogP contribution in [0.15, 0.2) is 40.5 Å². The van der Waals surface area contributed by atoms with Gasteiger partial charge >= 0.3 is 0 Å². The Balaban J connectivity index is 2.03. The van der Waals surface area contributed by atoms with E-state index in [9.17, 15) is 4.79 Å². The van der Waals surface area contributed by atoms with E-state index in [0.717, 1.165) is 27.8 Å². The maximum Gasteiger partial charge on any atom is 0.266 e. The smallest absolute Gasteiger partial charge is 0.266 e. The molecule has 23 heavy (non-hydrogen) atoms. The van der Waals surface area contributed by atoms with Gasteiger partial charge in [-0.15, -0.1) is 0 Å². The molecule has 118 valence electrons. The highest BCUT2D eigenvalue weighted by atomic mass is 32.2. The minimum atomic E-state index is -0.00989. The van der Waals surface area contributed by atoms with E-state index in [1.807, 2.05) is 18.2 Å². The van der Waals surface area contributed by atoms with Crippen molar-refractivity contribution >= 4 is 28.9 Å². The van der Waals surface area contributed by atoms with Crippen LogP contribution in [0.25, 0.3) is 11.8 Å². The minimum absolute atomic E-state index is 0.00989. The Morgan fingerprint density at radius 2 is 1.96 bits per heavy atom. The second kappa shape index (κ2) is 6.04. The van der Waals surface area contributed by atoms with Crippen LogP contribution in [0.3, 0.4) is 0 Å². The molecular formula is C17H18N4OS. The number of nitrogens with zero attached hydrogens (tertiary/aromatic N) is 4. The first kappa shape index (κ1) is 15.6. The summed E-state index contributed by atoms with van der Waals surface area (Å²) in [6, 6.07) is 6.04. The maximum absolute atomic E-state index is 12.3. The first-order chi connectivity index (χ1) is 11.0. The number of hydrogen-bond donors (Lipinski definition) is 0. The lowest BCUT2D eigenvalue weighted by Crippen LogP contribution is -2.23. The van der Waals surface area contributed by atoms with Crippen molar-refractivity contribution in [3.05, 3.63) is 52.4 Å². The Bertz CT molecular complexity index is 821. The normalized spacial score (nSPS) is 18.4. The van der Waals surface area contributed by atoms with Gasteiger partial charge in [0, 0.05) is 43.6 Å². The molecule has 0 N–H and O–H groups in total. The zero-order valence-corrected chi connectivity index (χ0v) is 14.4. The van der Waals surface area contributed by atoms with Crippen LogP contribution in [-0.4, -0.2) is 39.6 Å². The van der Waals surface area contributed by atoms with Crippen LogP contribution < -0.4 is 0 Å². The van der Waals surface area contributed by atoms with Gasteiger partial charge in [-0.1, -0.05) is 0 Å². The largest absolute Gasteiger partial charge is 0.318 e. The molecule has 0 spiro atoms. The molecule has 1 aliphatic heterocycles. The van der Waals surface area contributed by atoms with Gasteiger partial charge in [0.2, 0.25) is 0 Å². The quantitative estimate of drug-likeness (QED) is 0.797.